The van der Waals surface area contributed by atoms with Crippen LogP contribution in [-0.2, 0) is 14.3 Å². The number of nitrogens with one attached hydrogen (secondary N) is 2. The van der Waals surface area contributed by atoms with Gasteiger partial charge in [-0.2, -0.15) is 0 Å². The first-order valence-electron chi connectivity index (χ1n) is 11.4. The number of hydrogen-bond donors (Lipinski definition) is 2. The van der Waals surface area contributed by atoms with Gasteiger partial charge in [-0.15, -0.1) is 0 Å². The number of methoxy groups -OCH3 is 1. The minimum atomic E-state index is -0.855. The molecule has 0 aromatic heterocycles. The number of alkyl carbamates (subject to hydrolysis) is 1. The molecule has 3 unspecified atom stereocenters. The van der Waals surface area contributed by atoms with Crippen molar-refractivity contribution in [2.24, 2.45) is 5.92 Å². The van der Waals surface area contributed by atoms with Crippen molar-refractivity contribution in [2.45, 2.75) is 51.8 Å². The minimum Gasteiger partial charge on any atom is -0.497 e. The summed E-state index contributed by atoms with van der Waals surface area (Å²) >= 11 is 0. The van der Waals surface area contributed by atoms with Gasteiger partial charge in [-0.05, 0) is 62.9 Å². The highest BCUT2D eigenvalue weighted by molar-refractivity contribution is 5.98. The fraction of sp³-hybridized carbons (Fsp3) is 0.423. The average Bonchev–Trinajstić information content (AvgIpc) is 3.51. The summed E-state index contributed by atoms with van der Waals surface area (Å²) in [6.45, 7) is 7.03. The van der Waals surface area contributed by atoms with E-state index in [0.717, 1.165) is 6.42 Å². The molecule has 1 saturated carbocycles. The number of anilines is 1. The monoisotopic (exact) mass is 467 g/mol. The first-order valence-corrected chi connectivity index (χ1v) is 11.4. The Kier molecular flexibility index (Phi) is 7.81. The zero-order chi connectivity index (χ0) is 24.9. The second-order valence-corrected chi connectivity index (χ2v) is 9.47. The molecular weight excluding hydrogens is 434 g/mol. The molecule has 1 aliphatic carbocycles. The molecule has 0 saturated heterocycles. The Morgan fingerprint density at radius 2 is 1.68 bits per heavy atom. The first kappa shape index (κ1) is 25.1. The van der Waals surface area contributed by atoms with Crippen LogP contribution in [0.2, 0.25) is 0 Å². The molecule has 182 valence electrons. The zero-order valence-electron chi connectivity index (χ0n) is 20.3. The van der Waals surface area contributed by atoms with E-state index in [0.29, 0.717) is 17.0 Å². The highest BCUT2D eigenvalue weighted by atomic mass is 16.6. The molecule has 2 aromatic rings. The predicted octanol–water partition coefficient (Wildman–Crippen LogP) is 4.14. The second-order valence-electron chi connectivity index (χ2n) is 9.47. The molecule has 8 nitrogen and oxygen atoms in total. The fourth-order valence-corrected chi connectivity index (χ4v) is 3.72. The van der Waals surface area contributed by atoms with E-state index in [2.05, 4.69) is 10.6 Å². The van der Waals surface area contributed by atoms with Gasteiger partial charge in [0.15, 0.2) is 0 Å². The van der Waals surface area contributed by atoms with Crippen molar-refractivity contribution in [3.8, 4) is 5.75 Å². The van der Waals surface area contributed by atoms with E-state index >= 15 is 0 Å². The molecule has 34 heavy (non-hydrogen) atoms. The quantitative estimate of drug-likeness (QED) is 0.608. The van der Waals surface area contributed by atoms with Crippen molar-refractivity contribution in [3.63, 3.8) is 0 Å². The van der Waals surface area contributed by atoms with Gasteiger partial charge in [-0.1, -0.05) is 37.3 Å². The van der Waals surface area contributed by atoms with Crippen molar-refractivity contribution in [1.82, 2.24) is 10.2 Å². The van der Waals surface area contributed by atoms with Crippen molar-refractivity contribution < 1.29 is 23.9 Å². The van der Waals surface area contributed by atoms with Gasteiger partial charge in [0.25, 0.3) is 5.91 Å². The molecule has 3 atom stereocenters. The van der Waals surface area contributed by atoms with Crippen LogP contribution in [0.1, 0.15) is 45.7 Å². The van der Waals surface area contributed by atoms with Gasteiger partial charge in [-0.25, -0.2) is 4.79 Å². The van der Waals surface area contributed by atoms with Crippen molar-refractivity contribution in [2.75, 3.05) is 19.0 Å². The predicted molar refractivity (Wildman–Crippen MR) is 129 cm³/mol. The number of amides is 3. The largest absolute Gasteiger partial charge is 0.497 e. The number of ether oxygens (including phenoxy) is 2. The molecular formula is C26H33N3O5. The van der Waals surface area contributed by atoms with Crippen LogP contribution in [0.15, 0.2) is 54.6 Å². The van der Waals surface area contributed by atoms with Gasteiger partial charge in [-0.3, -0.25) is 9.59 Å². The van der Waals surface area contributed by atoms with E-state index in [4.69, 9.17) is 9.47 Å². The van der Waals surface area contributed by atoms with Crippen LogP contribution in [0, 0.1) is 5.92 Å². The van der Waals surface area contributed by atoms with Gasteiger partial charge in [0.2, 0.25) is 5.91 Å². The number of nitrogens with zero attached hydrogens (tertiary/aromatic N) is 1. The van der Waals surface area contributed by atoms with Crippen LogP contribution >= 0.6 is 0 Å². The third-order valence-electron chi connectivity index (χ3n) is 5.49. The number of carbonyl (C=O) groups excluding carboxylic acids is 3. The Morgan fingerprint density at radius 1 is 1.06 bits per heavy atom. The van der Waals surface area contributed by atoms with E-state index in [9.17, 15) is 14.4 Å². The molecule has 1 fully saturated rings. The molecule has 0 bridgehead atoms. The molecule has 0 radical (unpaired) electrons. The molecule has 3 rings (SSSR count). The van der Waals surface area contributed by atoms with Gasteiger partial charge in [0.05, 0.1) is 7.11 Å². The third-order valence-corrected chi connectivity index (χ3v) is 5.49. The summed E-state index contributed by atoms with van der Waals surface area (Å²) in [6.07, 6.45) is 0.112. The lowest BCUT2D eigenvalue weighted by Crippen LogP contribution is -2.48. The van der Waals surface area contributed by atoms with E-state index < -0.39 is 17.7 Å². The molecule has 0 heterocycles. The lowest BCUT2D eigenvalue weighted by molar-refractivity contribution is -0.139. The molecule has 2 N–H and O–H groups in total. The summed E-state index contributed by atoms with van der Waals surface area (Å²) in [5.74, 6) is 0.250. The SMILES string of the molecule is COc1ccc(NC(=O)C(c2ccccc2)N(C(=O)CNC(=O)OC(C)(C)C)C2CC2C)cc1. The normalized spacial score (nSPS) is 17.8. The van der Waals surface area contributed by atoms with Gasteiger partial charge in [0, 0.05) is 11.7 Å². The molecule has 3 amide bonds. The standard InChI is InChI=1S/C26H33N3O5/c1-17-15-21(17)29(22(30)16-27-25(32)34-26(2,3)4)23(18-9-7-6-8-10-18)24(31)28-19-11-13-20(33-5)14-12-19/h6-14,17,21,23H,15-16H2,1-5H3,(H,27,32)(H,28,31). The van der Waals surface area contributed by atoms with Crippen LogP contribution in [0.4, 0.5) is 10.5 Å². The molecule has 8 heteroatoms. The van der Waals surface area contributed by atoms with Crippen LogP contribution in [0.25, 0.3) is 0 Å². The van der Waals surface area contributed by atoms with Crippen LogP contribution in [-0.4, -0.2) is 48.1 Å². The topological polar surface area (TPSA) is 97.0 Å². The van der Waals surface area contributed by atoms with Crippen molar-refractivity contribution in [1.29, 1.82) is 0 Å². The van der Waals surface area contributed by atoms with Crippen molar-refractivity contribution in [3.05, 3.63) is 60.2 Å². The highest BCUT2D eigenvalue weighted by Gasteiger charge is 2.46. The fourth-order valence-electron chi connectivity index (χ4n) is 3.72. The summed E-state index contributed by atoms with van der Waals surface area (Å²) < 4.78 is 10.4. The van der Waals surface area contributed by atoms with E-state index in [1.165, 1.54) is 0 Å². The van der Waals surface area contributed by atoms with Crippen molar-refractivity contribution >= 4 is 23.6 Å². The Bertz CT molecular complexity index is 1000. The summed E-state index contributed by atoms with van der Waals surface area (Å²) in [4.78, 5) is 40.6. The molecule has 0 spiro atoms. The summed E-state index contributed by atoms with van der Waals surface area (Å²) in [7, 11) is 1.57. The molecule has 0 aliphatic heterocycles. The van der Waals surface area contributed by atoms with Crippen LogP contribution in [0.5, 0.6) is 5.75 Å². The summed E-state index contributed by atoms with van der Waals surface area (Å²) in [5, 5.41) is 5.45. The maximum absolute atomic E-state index is 13.5. The third kappa shape index (κ3) is 6.73. The van der Waals surface area contributed by atoms with Crippen LogP contribution < -0.4 is 15.4 Å². The van der Waals surface area contributed by atoms with Gasteiger partial charge < -0.3 is 25.0 Å². The lowest BCUT2D eigenvalue weighted by atomic mass is 10.0. The minimum absolute atomic E-state index is 0.0974. The van der Waals surface area contributed by atoms with E-state index in [-0.39, 0.29) is 30.3 Å². The summed E-state index contributed by atoms with van der Waals surface area (Å²) in [5.41, 5.74) is 0.607. The number of benzene rings is 2. The zero-order valence-corrected chi connectivity index (χ0v) is 20.3. The van der Waals surface area contributed by atoms with Gasteiger partial charge in [0.1, 0.15) is 23.9 Å². The Hall–Kier alpha value is -3.55. The van der Waals surface area contributed by atoms with E-state index in [1.54, 1.807) is 57.0 Å². The van der Waals surface area contributed by atoms with Gasteiger partial charge >= 0.3 is 6.09 Å². The Balaban J connectivity index is 1.84. The number of hydrogen-bond acceptors (Lipinski definition) is 5. The van der Waals surface area contributed by atoms with E-state index in [1.807, 2.05) is 37.3 Å². The van der Waals surface area contributed by atoms with Crippen LogP contribution in [0.3, 0.4) is 0 Å². The second kappa shape index (κ2) is 10.6. The highest BCUT2D eigenvalue weighted by Crippen LogP contribution is 2.40. The number of carbonyl (C=O) groups is 3. The lowest BCUT2D eigenvalue weighted by Gasteiger charge is -2.32. The smallest absolute Gasteiger partial charge is 0.408 e. The molecule has 2 aromatic carbocycles. The average molecular weight is 468 g/mol. The maximum atomic E-state index is 13.5. The summed E-state index contributed by atoms with van der Waals surface area (Å²) in [6, 6.07) is 15.2. The molecule has 1 aliphatic rings. The first-order chi connectivity index (χ1) is 16.1. The Morgan fingerprint density at radius 3 is 2.21 bits per heavy atom. The maximum Gasteiger partial charge on any atom is 0.408 e. The number of rotatable bonds is 8. The Labute approximate surface area is 200 Å².